The molecule has 3 rings (SSSR count). The monoisotopic (exact) mass is 482 g/mol. The van der Waals surface area contributed by atoms with Crippen molar-refractivity contribution in [3.05, 3.63) is 83.0 Å². The van der Waals surface area contributed by atoms with Crippen molar-refractivity contribution in [2.24, 2.45) is 23.2 Å². The lowest BCUT2D eigenvalue weighted by atomic mass is 9.67. The number of rotatable bonds is 7. The molecule has 2 N–H and O–H groups in total. The molecule has 1 aromatic carbocycles. The number of nitrogens with zero attached hydrogens (tertiary/aromatic N) is 2. The third-order valence-corrected chi connectivity index (χ3v) is 7.54. The summed E-state index contributed by atoms with van der Waals surface area (Å²) in [6.07, 6.45) is 12.9. The van der Waals surface area contributed by atoms with Gasteiger partial charge in [0.1, 0.15) is 11.7 Å². The predicted molar refractivity (Wildman–Crippen MR) is 151 cm³/mol. The Morgan fingerprint density at radius 3 is 2.28 bits per heavy atom. The van der Waals surface area contributed by atoms with Crippen LogP contribution in [0.15, 0.2) is 77.4 Å². The first-order valence-corrected chi connectivity index (χ1v) is 13.1. The van der Waals surface area contributed by atoms with Gasteiger partial charge in [-0.3, -0.25) is 10.8 Å². The molecule has 0 bridgehead atoms. The fourth-order valence-electron chi connectivity index (χ4n) is 5.57. The molecule has 1 aromatic rings. The van der Waals surface area contributed by atoms with Crippen LogP contribution < -0.4 is 0 Å². The van der Waals surface area contributed by atoms with Gasteiger partial charge in [0.05, 0.1) is 11.6 Å². The van der Waals surface area contributed by atoms with Crippen LogP contribution in [-0.2, 0) is 0 Å². The lowest BCUT2D eigenvalue weighted by Gasteiger charge is -2.52. The average Bonchev–Trinajstić information content (AvgIpc) is 2.81. The van der Waals surface area contributed by atoms with Gasteiger partial charge in [0.2, 0.25) is 0 Å². The molecule has 0 amide bonds. The van der Waals surface area contributed by atoms with E-state index in [1.807, 2.05) is 53.5 Å². The van der Waals surface area contributed by atoms with Gasteiger partial charge in [-0.05, 0) is 55.1 Å². The van der Waals surface area contributed by atoms with Crippen LogP contribution in [0.25, 0.3) is 0 Å². The first-order chi connectivity index (χ1) is 16.9. The summed E-state index contributed by atoms with van der Waals surface area (Å²) in [7, 11) is 0. The smallest absolute Gasteiger partial charge is 0.134 e. The van der Waals surface area contributed by atoms with Crippen molar-refractivity contribution in [1.29, 1.82) is 16.1 Å². The highest BCUT2D eigenvalue weighted by Crippen LogP contribution is 2.46. The zero-order chi connectivity index (χ0) is 26.7. The van der Waals surface area contributed by atoms with E-state index in [2.05, 4.69) is 66.7 Å². The van der Waals surface area contributed by atoms with Crippen molar-refractivity contribution >= 4 is 11.7 Å². The first-order valence-electron chi connectivity index (χ1n) is 13.1. The van der Waals surface area contributed by atoms with Gasteiger partial charge in [0, 0.05) is 22.6 Å². The van der Waals surface area contributed by atoms with Crippen molar-refractivity contribution < 1.29 is 0 Å². The average molecular weight is 483 g/mol. The molecule has 0 fully saturated rings. The molecule has 4 nitrogen and oxygen atoms in total. The molecular weight excluding hydrogens is 440 g/mol. The summed E-state index contributed by atoms with van der Waals surface area (Å²) in [5, 5.41) is 29.0. The molecule has 2 atom stereocenters. The maximum absolute atomic E-state index is 9.89. The quantitative estimate of drug-likeness (QED) is 0.304. The molecular formula is C32H42N4. The van der Waals surface area contributed by atoms with E-state index in [0.29, 0.717) is 29.1 Å². The van der Waals surface area contributed by atoms with Crippen LogP contribution in [0.5, 0.6) is 0 Å². The van der Waals surface area contributed by atoms with Gasteiger partial charge in [-0.25, -0.2) is 0 Å². The molecule has 0 spiro atoms. The number of hydrogen-bond acceptors (Lipinski definition) is 3. The summed E-state index contributed by atoms with van der Waals surface area (Å²) < 4.78 is 0. The van der Waals surface area contributed by atoms with Crippen molar-refractivity contribution in [2.75, 3.05) is 0 Å². The Kier molecular flexibility index (Phi) is 8.24. The summed E-state index contributed by atoms with van der Waals surface area (Å²) in [6.45, 7) is 15.3. The van der Waals surface area contributed by atoms with E-state index < -0.39 is 5.54 Å². The third kappa shape index (κ3) is 5.46. The number of amidine groups is 2. The Morgan fingerprint density at radius 1 is 1.06 bits per heavy atom. The Hall–Kier alpha value is -3.19. The summed E-state index contributed by atoms with van der Waals surface area (Å²) in [5.74, 6) is 1.46. The second-order valence-corrected chi connectivity index (χ2v) is 11.9. The zero-order valence-electron chi connectivity index (χ0n) is 23.0. The second kappa shape index (κ2) is 10.8. The lowest BCUT2D eigenvalue weighted by Crippen LogP contribution is -2.60. The van der Waals surface area contributed by atoms with Crippen LogP contribution >= 0.6 is 0 Å². The van der Waals surface area contributed by atoms with Gasteiger partial charge in [-0.15, -0.1) is 0 Å². The van der Waals surface area contributed by atoms with Gasteiger partial charge < -0.3 is 4.90 Å². The topological polar surface area (TPSA) is 74.7 Å². The summed E-state index contributed by atoms with van der Waals surface area (Å²) in [5.41, 5.74) is 2.67. The van der Waals surface area contributed by atoms with Gasteiger partial charge in [0.15, 0.2) is 0 Å². The van der Waals surface area contributed by atoms with Crippen LogP contribution in [0.4, 0.5) is 0 Å². The van der Waals surface area contributed by atoms with Crippen LogP contribution in [-0.4, -0.2) is 22.1 Å². The van der Waals surface area contributed by atoms with Gasteiger partial charge in [0.25, 0.3) is 0 Å². The van der Waals surface area contributed by atoms with Crippen LogP contribution in [0, 0.1) is 45.3 Å². The van der Waals surface area contributed by atoms with E-state index in [4.69, 9.17) is 0 Å². The first kappa shape index (κ1) is 27.4. The van der Waals surface area contributed by atoms with Gasteiger partial charge >= 0.3 is 0 Å². The Balaban J connectivity index is 2.29. The highest BCUT2D eigenvalue weighted by atomic mass is 15.3. The normalized spacial score (nSPS) is 23.0. The van der Waals surface area contributed by atoms with E-state index in [9.17, 15) is 16.1 Å². The number of nitriles is 1. The minimum Gasteiger partial charge on any atom is -0.301 e. The second-order valence-electron chi connectivity index (χ2n) is 11.9. The maximum Gasteiger partial charge on any atom is 0.134 e. The largest absolute Gasteiger partial charge is 0.301 e. The molecule has 0 radical (unpaired) electrons. The number of nitrogens with one attached hydrogen (secondary N) is 2. The highest BCUT2D eigenvalue weighted by molar-refractivity contribution is 6.14. The van der Waals surface area contributed by atoms with Crippen molar-refractivity contribution in [3.63, 3.8) is 0 Å². The Morgan fingerprint density at radius 2 is 1.72 bits per heavy atom. The minimum absolute atomic E-state index is 0.0156. The molecule has 4 heteroatoms. The molecule has 0 heterocycles. The molecule has 0 saturated heterocycles. The molecule has 190 valence electrons. The van der Waals surface area contributed by atoms with Crippen molar-refractivity contribution in [2.45, 2.75) is 73.3 Å². The maximum atomic E-state index is 9.89. The molecule has 0 saturated carbocycles. The molecule has 2 aliphatic rings. The summed E-state index contributed by atoms with van der Waals surface area (Å²) in [4.78, 5) is 1.97. The fraction of sp³-hybridized carbons (Fsp3) is 0.469. The van der Waals surface area contributed by atoms with Crippen LogP contribution in [0.1, 0.15) is 73.3 Å². The van der Waals surface area contributed by atoms with Crippen molar-refractivity contribution in [1.82, 2.24) is 4.90 Å². The lowest BCUT2D eigenvalue weighted by molar-refractivity contribution is 0.210. The van der Waals surface area contributed by atoms with E-state index in [1.165, 1.54) is 0 Å². The van der Waals surface area contributed by atoms with Gasteiger partial charge in [-0.2, -0.15) is 5.26 Å². The number of benzene rings is 1. The summed E-state index contributed by atoms with van der Waals surface area (Å²) >= 11 is 0. The predicted octanol–water partition coefficient (Wildman–Crippen LogP) is 8.06. The van der Waals surface area contributed by atoms with Crippen LogP contribution in [0.2, 0.25) is 0 Å². The molecule has 0 aromatic heterocycles. The highest BCUT2D eigenvalue weighted by Gasteiger charge is 2.48. The fourth-order valence-corrected chi connectivity index (χ4v) is 5.57. The number of allylic oxidation sites excluding steroid dienone is 5. The van der Waals surface area contributed by atoms with E-state index in [-0.39, 0.29) is 11.3 Å². The third-order valence-electron chi connectivity index (χ3n) is 7.54. The standard InChI is InChI=1S/C32H42N4/c1-22(2)17-26-19-24(21-33)20-27(18-23(3)4)32(26,7)36(29(34)25-13-9-8-10-14-25)30(35)28-15-11-12-16-31(28,5)6/h8-15,19-20,22-23,26,34-35H,16-18H2,1-7H3. The summed E-state index contributed by atoms with van der Waals surface area (Å²) in [6, 6.07) is 12.2. The number of hydrogen-bond donors (Lipinski definition) is 2. The van der Waals surface area contributed by atoms with Gasteiger partial charge in [-0.1, -0.05) is 96.2 Å². The minimum atomic E-state index is -0.656. The molecule has 2 unspecified atom stereocenters. The van der Waals surface area contributed by atoms with E-state index in [1.54, 1.807) is 0 Å². The molecule has 36 heavy (non-hydrogen) atoms. The molecule has 0 aliphatic heterocycles. The Labute approximate surface area is 218 Å². The van der Waals surface area contributed by atoms with Crippen molar-refractivity contribution in [3.8, 4) is 6.07 Å². The Bertz CT molecular complexity index is 1150. The molecule has 2 aliphatic carbocycles. The van der Waals surface area contributed by atoms with Crippen LogP contribution in [0.3, 0.4) is 0 Å². The van der Waals surface area contributed by atoms with E-state index >= 15 is 0 Å². The van der Waals surface area contributed by atoms with E-state index in [0.717, 1.165) is 36.0 Å². The SMILES string of the molecule is CC(C)CC1=CC(C#N)=CC(CC(C)C)C1(C)N(C(=N)C1=CC=CCC1(C)C)C(=N)c1ccccc1. The zero-order valence-corrected chi connectivity index (χ0v) is 23.0.